The highest BCUT2D eigenvalue weighted by atomic mass is 79.9. The molecule has 112 valence electrons. The molecule has 5 heteroatoms. The molecule has 21 heavy (non-hydrogen) atoms. The fourth-order valence-corrected chi connectivity index (χ4v) is 2.15. The summed E-state index contributed by atoms with van der Waals surface area (Å²) in [5.74, 6) is 2.43. The van der Waals surface area contributed by atoms with Crippen molar-refractivity contribution in [3.05, 3.63) is 47.1 Å². The van der Waals surface area contributed by atoms with Crippen LogP contribution in [-0.4, -0.2) is 24.7 Å². The average Bonchev–Trinajstić information content (AvgIpc) is 2.50. The molecule has 0 aliphatic heterocycles. The van der Waals surface area contributed by atoms with Gasteiger partial charge < -0.3 is 14.8 Å². The van der Waals surface area contributed by atoms with Gasteiger partial charge in [0.2, 0.25) is 0 Å². The van der Waals surface area contributed by atoms with Gasteiger partial charge in [0.1, 0.15) is 5.82 Å². The largest absolute Gasteiger partial charge is 0.490 e. The molecule has 0 aliphatic carbocycles. The molecular weight excluding hydrogens is 332 g/mol. The first-order valence-electron chi connectivity index (χ1n) is 6.99. The van der Waals surface area contributed by atoms with Crippen LogP contribution in [0.5, 0.6) is 11.5 Å². The quantitative estimate of drug-likeness (QED) is 0.727. The number of hydrogen-bond acceptors (Lipinski definition) is 4. The Hall–Kier alpha value is -1.75. The third-order valence-electron chi connectivity index (χ3n) is 2.76. The first-order valence-corrected chi connectivity index (χ1v) is 7.79. The van der Waals surface area contributed by atoms with Crippen molar-refractivity contribution >= 4 is 21.7 Å². The maximum absolute atomic E-state index is 5.78. The summed E-state index contributed by atoms with van der Waals surface area (Å²) >= 11 is 3.43. The van der Waals surface area contributed by atoms with Crippen LogP contribution in [0.1, 0.15) is 13.3 Å². The number of nitrogens with zero attached hydrogens (tertiary/aromatic N) is 1. The van der Waals surface area contributed by atoms with Crippen molar-refractivity contribution < 1.29 is 9.47 Å². The standard InChI is InChI=1S/C16H19BrN2O2/c1-2-20-15-12-13(17)7-8-14(15)21-11-5-10-19-16-6-3-4-9-18-16/h3-4,6-9,12H,2,5,10-11H2,1H3,(H,18,19). The molecule has 1 heterocycles. The summed E-state index contributed by atoms with van der Waals surface area (Å²) < 4.78 is 12.3. The van der Waals surface area contributed by atoms with Crippen LogP contribution in [0, 0.1) is 0 Å². The van der Waals surface area contributed by atoms with Crippen molar-refractivity contribution in [3.8, 4) is 11.5 Å². The molecule has 0 radical (unpaired) electrons. The highest BCUT2D eigenvalue weighted by Crippen LogP contribution is 2.30. The first-order chi connectivity index (χ1) is 10.3. The zero-order valence-electron chi connectivity index (χ0n) is 12.0. The van der Waals surface area contributed by atoms with Gasteiger partial charge >= 0.3 is 0 Å². The van der Waals surface area contributed by atoms with Crippen LogP contribution in [-0.2, 0) is 0 Å². The second-order valence-electron chi connectivity index (χ2n) is 4.37. The minimum absolute atomic E-state index is 0.619. The normalized spacial score (nSPS) is 10.2. The topological polar surface area (TPSA) is 43.4 Å². The lowest BCUT2D eigenvalue weighted by atomic mass is 10.3. The number of halogens is 1. The van der Waals surface area contributed by atoms with Gasteiger partial charge in [-0.2, -0.15) is 0 Å². The van der Waals surface area contributed by atoms with Crippen molar-refractivity contribution in [2.24, 2.45) is 0 Å². The van der Waals surface area contributed by atoms with Crippen LogP contribution in [0.25, 0.3) is 0 Å². The summed E-state index contributed by atoms with van der Waals surface area (Å²) in [5.41, 5.74) is 0. The third-order valence-corrected chi connectivity index (χ3v) is 3.25. The summed E-state index contributed by atoms with van der Waals surface area (Å²) in [5, 5.41) is 3.25. The highest BCUT2D eigenvalue weighted by Gasteiger charge is 2.05. The highest BCUT2D eigenvalue weighted by molar-refractivity contribution is 9.10. The molecule has 0 fully saturated rings. The molecule has 0 amide bonds. The molecule has 1 aromatic carbocycles. The van der Waals surface area contributed by atoms with E-state index in [1.807, 2.05) is 43.3 Å². The van der Waals surface area contributed by atoms with E-state index >= 15 is 0 Å². The molecule has 0 spiro atoms. The zero-order valence-corrected chi connectivity index (χ0v) is 13.6. The van der Waals surface area contributed by atoms with Gasteiger partial charge in [-0.05, 0) is 43.7 Å². The number of rotatable bonds is 8. The van der Waals surface area contributed by atoms with Crippen LogP contribution >= 0.6 is 15.9 Å². The van der Waals surface area contributed by atoms with Crippen molar-refractivity contribution in [2.45, 2.75) is 13.3 Å². The molecular formula is C16H19BrN2O2. The van der Waals surface area contributed by atoms with Crippen molar-refractivity contribution in [2.75, 3.05) is 25.1 Å². The molecule has 4 nitrogen and oxygen atoms in total. The van der Waals surface area contributed by atoms with E-state index in [4.69, 9.17) is 9.47 Å². The maximum atomic E-state index is 5.78. The molecule has 0 bridgehead atoms. The van der Waals surface area contributed by atoms with Gasteiger partial charge in [-0.15, -0.1) is 0 Å². The number of anilines is 1. The van der Waals surface area contributed by atoms with E-state index < -0.39 is 0 Å². The SMILES string of the molecule is CCOc1cc(Br)ccc1OCCCNc1ccccn1. The first kappa shape index (κ1) is 15.6. The fourth-order valence-electron chi connectivity index (χ4n) is 1.81. The Bertz CT molecular complexity index is 549. The summed E-state index contributed by atoms with van der Waals surface area (Å²) in [6.07, 6.45) is 2.66. The molecule has 0 unspecified atom stereocenters. The molecule has 1 aromatic heterocycles. The number of benzene rings is 1. The van der Waals surface area contributed by atoms with Gasteiger partial charge in [-0.1, -0.05) is 22.0 Å². The van der Waals surface area contributed by atoms with E-state index in [1.54, 1.807) is 6.20 Å². The van der Waals surface area contributed by atoms with Gasteiger partial charge in [-0.25, -0.2) is 4.98 Å². The van der Waals surface area contributed by atoms with Crippen molar-refractivity contribution in [3.63, 3.8) is 0 Å². The Kier molecular flexibility index (Phi) is 6.34. The molecule has 2 rings (SSSR count). The number of hydrogen-bond donors (Lipinski definition) is 1. The van der Waals surface area contributed by atoms with E-state index in [0.29, 0.717) is 13.2 Å². The molecule has 1 N–H and O–H groups in total. The smallest absolute Gasteiger partial charge is 0.162 e. The van der Waals surface area contributed by atoms with Gasteiger partial charge in [0, 0.05) is 17.2 Å². The second kappa shape index (κ2) is 8.52. The van der Waals surface area contributed by atoms with Crippen molar-refractivity contribution in [1.29, 1.82) is 0 Å². The Morgan fingerprint density at radius 1 is 1.14 bits per heavy atom. The maximum Gasteiger partial charge on any atom is 0.162 e. The third kappa shape index (κ3) is 5.27. The second-order valence-corrected chi connectivity index (χ2v) is 5.28. The summed E-state index contributed by atoms with van der Waals surface area (Å²) in [6.45, 7) is 4.02. The predicted molar refractivity (Wildman–Crippen MR) is 88.1 cm³/mol. The number of nitrogens with one attached hydrogen (secondary N) is 1. The monoisotopic (exact) mass is 350 g/mol. The lowest BCUT2D eigenvalue weighted by Crippen LogP contribution is -2.08. The van der Waals surface area contributed by atoms with Crippen LogP contribution in [0.2, 0.25) is 0 Å². The van der Waals surface area contributed by atoms with Gasteiger partial charge in [0.05, 0.1) is 13.2 Å². The van der Waals surface area contributed by atoms with Crippen molar-refractivity contribution in [1.82, 2.24) is 4.98 Å². The Labute approximate surface area is 133 Å². The van der Waals surface area contributed by atoms with Gasteiger partial charge in [-0.3, -0.25) is 0 Å². The van der Waals surface area contributed by atoms with E-state index in [0.717, 1.165) is 34.8 Å². The summed E-state index contributed by atoms with van der Waals surface area (Å²) in [7, 11) is 0. The lowest BCUT2D eigenvalue weighted by molar-refractivity contribution is 0.275. The minimum atomic E-state index is 0.619. The van der Waals surface area contributed by atoms with Crippen LogP contribution in [0.3, 0.4) is 0 Å². The number of aromatic nitrogens is 1. The van der Waals surface area contributed by atoms with Gasteiger partial charge in [0.15, 0.2) is 11.5 Å². The minimum Gasteiger partial charge on any atom is -0.490 e. The van der Waals surface area contributed by atoms with Crippen LogP contribution in [0.15, 0.2) is 47.1 Å². The summed E-state index contributed by atoms with van der Waals surface area (Å²) in [4.78, 5) is 4.21. The van der Waals surface area contributed by atoms with E-state index in [2.05, 4.69) is 26.2 Å². The van der Waals surface area contributed by atoms with Gasteiger partial charge in [0.25, 0.3) is 0 Å². The molecule has 0 saturated heterocycles. The van der Waals surface area contributed by atoms with E-state index in [9.17, 15) is 0 Å². The molecule has 0 atom stereocenters. The number of pyridine rings is 1. The molecule has 2 aromatic rings. The fraction of sp³-hybridized carbons (Fsp3) is 0.312. The Balaban J connectivity index is 1.75. The van der Waals surface area contributed by atoms with E-state index in [-0.39, 0.29) is 0 Å². The zero-order chi connectivity index (χ0) is 14.9. The van der Waals surface area contributed by atoms with Crippen LogP contribution < -0.4 is 14.8 Å². The molecule has 0 saturated carbocycles. The number of ether oxygens (including phenoxy) is 2. The Morgan fingerprint density at radius 2 is 2.05 bits per heavy atom. The summed E-state index contributed by atoms with van der Waals surface area (Å²) in [6, 6.07) is 11.6. The predicted octanol–water partition coefficient (Wildman–Crippen LogP) is 4.12. The average molecular weight is 351 g/mol. The molecule has 0 aliphatic rings. The Morgan fingerprint density at radius 3 is 2.81 bits per heavy atom. The van der Waals surface area contributed by atoms with Crippen LogP contribution in [0.4, 0.5) is 5.82 Å². The van der Waals surface area contributed by atoms with E-state index in [1.165, 1.54) is 0 Å². The lowest BCUT2D eigenvalue weighted by Gasteiger charge is -2.12.